The number of likely N-dealkylation sites (N-methyl/N-ethyl adjacent to an activating group) is 1. The Bertz CT molecular complexity index is 553. The van der Waals surface area contributed by atoms with E-state index in [1.807, 2.05) is 30.5 Å². The molecule has 2 rings (SSSR count). The molecule has 1 aromatic heterocycles. The second-order valence-corrected chi connectivity index (χ2v) is 6.96. The van der Waals surface area contributed by atoms with Crippen LogP contribution >= 0.6 is 38.9 Å². The zero-order valence-corrected chi connectivity index (χ0v) is 14.2. The monoisotopic (exact) mass is 357 g/mol. The number of hydrogen-bond acceptors (Lipinski definition) is 2. The van der Waals surface area contributed by atoms with E-state index in [4.69, 9.17) is 11.6 Å². The normalized spacial score (nSPS) is 12.6. The van der Waals surface area contributed by atoms with Crippen LogP contribution in [-0.2, 0) is 12.8 Å². The maximum absolute atomic E-state index is 6.30. The average Bonchev–Trinajstić information content (AvgIpc) is 2.86. The topological polar surface area (TPSA) is 12.0 Å². The Morgan fingerprint density at radius 2 is 2.11 bits per heavy atom. The molecule has 2 aromatic rings. The smallest absolute Gasteiger partial charge is 0.0453 e. The van der Waals surface area contributed by atoms with E-state index >= 15 is 0 Å². The van der Waals surface area contributed by atoms with Gasteiger partial charge in [0.1, 0.15) is 0 Å². The molecule has 0 radical (unpaired) electrons. The third-order valence-electron chi connectivity index (χ3n) is 3.16. The first-order chi connectivity index (χ1) is 9.13. The van der Waals surface area contributed by atoms with Gasteiger partial charge in [0.05, 0.1) is 0 Å². The second kappa shape index (κ2) is 6.89. The highest BCUT2D eigenvalue weighted by Gasteiger charge is 2.14. The van der Waals surface area contributed by atoms with Crippen LogP contribution in [0.15, 0.2) is 34.8 Å². The van der Waals surface area contributed by atoms with Crippen molar-refractivity contribution >= 4 is 38.9 Å². The largest absolute Gasteiger partial charge is 0.312 e. The number of aryl methyl sites for hydroxylation is 1. The van der Waals surface area contributed by atoms with E-state index in [0.717, 1.165) is 22.3 Å². The summed E-state index contributed by atoms with van der Waals surface area (Å²) in [5.74, 6) is 0. The van der Waals surface area contributed by atoms with Crippen LogP contribution in [0, 0.1) is 0 Å². The van der Waals surface area contributed by atoms with Gasteiger partial charge in [0.2, 0.25) is 0 Å². The molecule has 0 saturated heterocycles. The molecule has 0 fully saturated rings. The number of nitrogens with one attached hydrogen (secondary N) is 1. The van der Waals surface area contributed by atoms with Crippen LogP contribution in [0.2, 0.25) is 5.02 Å². The molecule has 0 aliphatic carbocycles. The molecule has 1 aromatic carbocycles. The third-order valence-corrected chi connectivity index (χ3v) is 5.35. The zero-order chi connectivity index (χ0) is 13.8. The summed E-state index contributed by atoms with van der Waals surface area (Å²) in [6.07, 6.45) is 2.01. The molecular formula is C15H17BrClNS. The van der Waals surface area contributed by atoms with Gasteiger partial charge >= 0.3 is 0 Å². The van der Waals surface area contributed by atoms with Crippen LogP contribution in [0.25, 0.3) is 0 Å². The molecule has 0 saturated carbocycles. The summed E-state index contributed by atoms with van der Waals surface area (Å²) < 4.78 is 1.02. The van der Waals surface area contributed by atoms with Gasteiger partial charge in [-0.05, 0) is 49.7 Å². The van der Waals surface area contributed by atoms with Crippen molar-refractivity contribution in [3.63, 3.8) is 0 Å². The van der Waals surface area contributed by atoms with Crippen molar-refractivity contribution in [2.45, 2.75) is 25.8 Å². The fraction of sp³-hybridized carbons (Fsp3) is 0.333. The molecular weight excluding hydrogens is 342 g/mol. The SMILES string of the molecule is CCc1ccc(C(Cc2ccc(Br)cc2Cl)NC)s1. The van der Waals surface area contributed by atoms with Crippen molar-refractivity contribution in [2.24, 2.45) is 0 Å². The van der Waals surface area contributed by atoms with E-state index in [2.05, 4.69) is 46.4 Å². The van der Waals surface area contributed by atoms with E-state index in [0.29, 0.717) is 6.04 Å². The van der Waals surface area contributed by atoms with Crippen molar-refractivity contribution < 1.29 is 0 Å². The number of hydrogen-bond donors (Lipinski definition) is 1. The predicted molar refractivity (Wildman–Crippen MR) is 88.4 cm³/mol. The van der Waals surface area contributed by atoms with Crippen LogP contribution in [0.4, 0.5) is 0 Å². The quantitative estimate of drug-likeness (QED) is 0.771. The molecule has 1 nitrogen and oxygen atoms in total. The lowest BCUT2D eigenvalue weighted by atomic mass is 10.0. The molecule has 19 heavy (non-hydrogen) atoms. The molecule has 1 atom stereocenters. The fourth-order valence-electron chi connectivity index (χ4n) is 2.02. The number of rotatable bonds is 5. The van der Waals surface area contributed by atoms with Crippen molar-refractivity contribution in [2.75, 3.05) is 7.05 Å². The minimum atomic E-state index is 0.323. The summed E-state index contributed by atoms with van der Waals surface area (Å²) >= 11 is 11.6. The van der Waals surface area contributed by atoms with E-state index in [9.17, 15) is 0 Å². The lowest BCUT2D eigenvalue weighted by Crippen LogP contribution is -2.17. The average molecular weight is 359 g/mol. The van der Waals surface area contributed by atoms with Crippen LogP contribution in [0.5, 0.6) is 0 Å². The van der Waals surface area contributed by atoms with Gasteiger partial charge in [0.25, 0.3) is 0 Å². The summed E-state index contributed by atoms with van der Waals surface area (Å²) in [6.45, 7) is 2.19. The van der Waals surface area contributed by atoms with Gasteiger partial charge in [-0.1, -0.05) is 40.5 Å². The van der Waals surface area contributed by atoms with Crippen LogP contribution in [-0.4, -0.2) is 7.05 Å². The number of benzene rings is 1. The first-order valence-electron chi connectivity index (χ1n) is 6.33. The predicted octanol–water partition coefficient (Wildman–Crippen LogP) is 5.23. The lowest BCUT2D eigenvalue weighted by Gasteiger charge is -2.15. The maximum atomic E-state index is 6.30. The Balaban J connectivity index is 2.18. The van der Waals surface area contributed by atoms with Crippen molar-refractivity contribution in [1.29, 1.82) is 0 Å². The molecule has 0 bridgehead atoms. The molecule has 0 aliphatic rings. The summed E-state index contributed by atoms with van der Waals surface area (Å²) in [6, 6.07) is 10.8. The Morgan fingerprint density at radius 3 is 2.68 bits per heavy atom. The van der Waals surface area contributed by atoms with Crippen molar-refractivity contribution in [1.82, 2.24) is 5.32 Å². The number of halogens is 2. The molecule has 0 spiro atoms. The van der Waals surface area contributed by atoms with Gasteiger partial charge in [-0.3, -0.25) is 0 Å². The van der Waals surface area contributed by atoms with Crippen molar-refractivity contribution in [3.05, 3.63) is 55.1 Å². The molecule has 4 heteroatoms. The van der Waals surface area contributed by atoms with E-state index in [-0.39, 0.29) is 0 Å². The minimum Gasteiger partial charge on any atom is -0.312 e. The highest BCUT2D eigenvalue weighted by molar-refractivity contribution is 9.10. The Hall–Kier alpha value is -0.350. The minimum absolute atomic E-state index is 0.323. The molecule has 1 unspecified atom stereocenters. The highest BCUT2D eigenvalue weighted by Crippen LogP contribution is 2.29. The standard InChI is InChI=1S/C15H17BrClNS/c1-3-12-6-7-15(19-12)14(18-2)8-10-4-5-11(16)9-13(10)17/h4-7,9,14,18H,3,8H2,1-2H3. The van der Waals surface area contributed by atoms with Gasteiger partial charge in [-0.2, -0.15) is 0 Å². The fourth-order valence-corrected chi connectivity index (χ4v) is 3.84. The maximum Gasteiger partial charge on any atom is 0.0453 e. The Morgan fingerprint density at radius 1 is 1.32 bits per heavy atom. The molecule has 102 valence electrons. The lowest BCUT2D eigenvalue weighted by molar-refractivity contribution is 0.602. The Labute approximate surface area is 132 Å². The van der Waals surface area contributed by atoms with Crippen LogP contribution in [0.1, 0.15) is 28.3 Å². The van der Waals surface area contributed by atoms with Gasteiger partial charge in [0, 0.05) is 25.3 Å². The first-order valence-corrected chi connectivity index (χ1v) is 8.32. The van der Waals surface area contributed by atoms with Gasteiger partial charge in [-0.25, -0.2) is 0 Å². The molecule has 0 amide bonds. The summed E-state index contributed by atoms with van der Waals surface area (Å²) in [7, 11) is 2.00. The third kappa shape index (κ3) is 3.82. The summed E-state index contributed by atoms with van der Waals surface area (Å²) in [4.78, 5) is 2.80. The van der Waals surface area contributed by atoms with Crippen LogP contribution in [0.3, 0.4) is 0 Å². The zero-order valence-electron chi connectivity index (χ0n) is 11.0. The van der Waals surface area contributed by atoms with Gasteiger partial charge in [0.15, 0.2) is 0 Å². The summed E-state index contributed by atoms with van der Waals surface area (Å²) in [5, 5.41) is 4.21. The molecule has 0 aliphatic heterocycles. The summed E-state index contributed by atoms with van der Waals surface area (Å²) in [5.41, 5.74) is 1.18. The molecule has 1 heterocycles. The van der Waals surface area contributed by atoms with Gasteiger partial charge < -0.3 is 5.32 Å². The van der Waals surface area contributed by atoms with E-state index in [1.54, 1.807) is 0 Å². The Kier molecular flexibility index (Phi) is 5.46. The number of thiophene rings is 1. The van der Waals surface area contributed by atoms with Gasteiger partial charge in [-0.15, -0.1) is 11.3 Å². The van der Waals surface area contributed by atoms with Crippen molar-refractivity contribution in [3.8, 4) is 0 Å². The highest BCUT2D eigenvalue weighted by atomic mass is 79.9. The van der Waals surface area contributed by atoms with E-state index < -0.39 is 0 Å². The molecule has 1 N–H and O–H groups in total. The second-order valence-electron chi connectivity index (χ2n) is 4.44. The van der Waals surface area contributed by atoms with Crippen LogP contribution < -0.4 is 5.32 Å². The van der Waals surface area contributed by atoms with E-state index in [1.165, 1.54) is 15.3 Å². The first kappa shape index (κ1) is 15.0.